The molecule has 0 bridgehead atoms. The van der Waals surface area contributed by atoms with Crippen LogP contribution in [0.2, 0.25) is 0 Å². The Labute approximate surface area is 188 Å². The van der Waals surface area contributed by atoms with Crippen LogP contribution in [-0.4, -0.2) is 37.6 Å². The summed E-state index contributed by atoms with van der Waals surface area (Å²) in [7, 11) is 2.85. The minimum atomic E-state index is -0.550. The van der Waals surface area contributed by atoms with E-state index in [9.17, 15) is 9.59 Å². The van der Waals surface area contributed by atoms with Gasteiger partial charge >= 0.3 is 5.97 Å². The smallest absolute Gasteiger partial charge is 0.340 e. The van der Waals surface area contributed by atoms with Crippen molar-refractivity contribution in [3.63, 3.8) is 0 Å². The summed E-state index contributed by atoms with van der Waals surface area (Å²) in [5.74, 6) is 0.275. The number of ether oxygens (including phenoxy) is 3. The first-order valence-electron chi connectivity index (χ1n) is 10.2. The number of esters is 1. The first-order chi connectivity index (χ1) is 15.4. The molecule has 0 atom stereocenters. The molecule has 1 aliphatic heterocycles. The molecule has 2 aromatic carbocycles. The first kappa shape index (κ1) is 22.9. The Morgan fingerprint density at radius 1 is 1.06 bits per heavy atom. The predicted molar refractivity (Wildman–Crippen MR) is 123 cm³/mol. The number of methoxy groups -OCH3 is 2. The van der Waals surface area contributed by atoms with E-state index in [1.165, 1.54) is 7.11 Å². The second-order valence-corrected chi connectivity index (χ2v) is 7.40. The third-order valence-corrected chi connectivity index (χ3v) is 5.22. The van der Waals surface area contributed by atoms with Crippen LogP contribution in [0.15, 0.2) is 72.0 Å². The summed E-state index contributed by atoms with van der Waals surface area (Å²) in [6.45, 7) is 8.11. The minimum Gasteiger partial charge on any atom is -0.493 e. The van der Waals surface area contributed by atoms with Gasteiger partial charge in [-0.25, -0.2) is 4.79 Å². The molecule has 0 fully saturated rings. The number of allylic oxidation sites excluding steroid dienone is 1. The lowest BCUT2D eigenvalue weighted by Crippen LogP contribution is -2.24. The van der Waals surface area contributed by atoms with Crippen LogP contribution in [0.5, 0.6) is 11.5 Å². The number of benzene rings is 2. The number of carbonyl (C=O) groups is 2. The summed E-state index contributed by atoms with van der Waals surface area (Å²) in [6, 6.07) is 13.3. The summed E-state index contributed by atoms with van der Waals surface area (Å²) >= 11 is 0. The van der Waals surface area contributed by atoms with E-state index in [0.29, 0.717) is 35.9 Å². The Morgan fingerprint density at radius 2 is 1.78 bits per heavy atom. The molecule has 3 rings (SSSR count). The summed E-state index contributed by atoms with van der Waals surface area (Å²) in [5, 5.41) is 0. The van der Waals surface area contributed by atoms with Gasteiger partial charge in [0.15, 0.2) is 11.5 Å². The van der Waals surface area contributed by atoms with Gasteiger partial charge in [-0.05, 0) is 43.2 Å². The van der Waals surface area contributed by atoms with Gasteiger partial charge in [0.1, 0.15) is 6.61 Å². The van der Waals surface area contributed by atoms with Gasteiger partial charge < -0.3 is 19.1 Å². The highest BCUT2D eigenvalue weighted by atomic mass is 16.5. The molecular formula is C26H27NO5. The highest BCUT2D eigenvalue weighted by Gasteiger charge is 2.37. The van der Waals surface area contributed by atoms with E-state index in [1.54, 1.807) is 49.3 Å². The van der Waals surface area contributed by atoms with Crippen LogP contribution < -0.4 is 9.47 Å². The summed E-state index contributed by atoms with van der Waals surface area (Å²) in [4.78, 5) is 27.5. The molecule has 0 saturated heterocycles. The Bertz CT molecular complexity index is 1100. The van der Waals surface area contributed by atoms with Gasteiger partial charge in [-0.2, -0.15) is 0 Å². The third-order valence-electron chi connectivity index (χ3n) is 5.22. The van der Waals surface area contributed by atoms with Crippen LogP contribution in [0.1, 0.15) is 23.6 Å². The molecule has 0 aromatic heterocycles. The van der Waals surface area contributed by atoms with Crippen molar-refractivity contribution < 1.29 is 23.8 Å². The number of carbonyl (C=O) groups excluding carboxylic acids is 2. The normalized spacial score (nSPS) is 14.7. The molecule has 0 spiro atoms. The van der Waals surface area contributed by atoms with E-state index in [1.807, 2.05) is 31.2 Å². The van der Waals surface area contributed by atoms with Crippen LogP contribution in [-0.2, 0) is 20.9 Å². The van der Waals surface area contributed by atoms with Crippen LogP contribution in [0.25, 0.3) is 6.08 Å². The second kappa shape index (κ2) is 10.0. The maximum Gasteiger partial charge on any atom is 0.340 e. The molecular weight excluding hydrogens is 406 g/mol. The summed E-state index contributed by atoms with van der Waals surface area (Å²) in [5.41, 5.74) is 3.91. The molecule has 2 aromatic rings. The van der Waals surface area contributed by atoms with Crippen molar-refractivity contribution in [2.45, 2.75) is 20.4 Å². The third kappa shape index (κ3) is 4.75. The van der Waals surface area contributed by atoms with Crippen molar-refractivity contribution in [1.29, 1.82) is 0 Å². The van der Waals surface area contributed by atoms with Gasteiger partial charge in [0.25, 0.3) is 5.91 Å². The summed E-state index contributed by atoms with van der Waals surface area (Å²) < 4.78 is 16.0. The molecule has 1 heterocycles. The minimum absolute atomic E-state index is 0.255. The van der Waals surface area contributed by atoms with Crippen LogP contribution in [0.4, 0.5) is 0 Å². The SMILES string of the molecule is C=CCOc1ccc(/C=C2\C(=O)N(Cc3ccc(C)cc3)C(C)=C2C(=O)OC)cc1OC. The van der Waals surface area contributed by atoms with Crippen molar-refractivity contribution >= 4 is 18.0 Å². The molecule has 1 amide bonds. The molecule has 1 aliphatic rings. The van der Waals surface area contributed by atoms with E-state index in [4.69, 9.17) is 14.2 Å². The highest BCUT2D eigenvalue weighted by Crippen LogP contribution is 2.34. The lowest BCUT2D eigenvalue weighted by atomic mass is 10.0. The van der Waals surface area contributed by atoms with Gasteiger partial charge in [-0.15, -0.1) is 0 Å². The number of hydrogen-bond donors (Lipinski definition) is 0. The van der Waals surface area contributed by atoms with E-state index >= 15 is 0 Å². The number of amides is 1. The zero-order valence-corrected chi connectivity index (χ0v) is 18.8. The van der Waals surface area contributed by atoms with E-state index in [-0.39, 0.29) is 17.1 Å². The van der Waals surface area contributed by atoms with Crippen molar-refractivity contribution in [3.05, 3.63) is 88.7 Å². The Morgan fingerprint density at radius 3 is 2.41 bits per heavy atom. The van der Waals surface area contributed by atoms with Crippen molar-refractivity contribution in [3.8, 4) is 11.5 Å². The van der Waals surface area contributed by atoms with Crippen molar-refractivity contribution in [1.82, 2.24) is 4.90 Å². The van der Waals surface area contributed by atoms with Gasteiger partial charge in [-0.1, -0.05) is 48.6 Å². The fourth-order valence-corrected chi connectivity index (χ4v) is 3.50. The number of nitrogens with zero attached hydrogens (tertiary/aromatic N) is 1. The fourth-order valence-electron chi connectivity index (χ4n) is 3.50. The molecule has 32 heavy (non-hydrogen) atoms. The number of rotatable bonds is 8. The lowest BCUT2D eigenvalue weighted by molar-refractivity contribution is -0.136. The van der Waals surface area contributed by atoms with Crippen molar-refractivity contribution in [2.75, 3.05) is 20.8 Å². The average Bonchev–Trinajstić information content (AvgIpc) is 3.03. The highest BCUT2D eigenvalue weighted by molar-refractivity contribution is 6.16. The molecule has 166 valence electrons. The second-order valence-electron chi connectivity index (χ2n) is 7.40. The Kier molecular flexibility index (Phi) is 7.15. The van der Waals surface area contributed by atoms with E-state index < -0.39 is 5.97 Å². The largest absolute Gasteiger partial charge is 0.493 e. The zero-order chi connectivity index (χ0) is 23.3. The maximum absolute atomic E-state index is 13.3. The monoisotopic (exact) mass is 433 g/mol. The molecule has 0 saturated carbocycles. The van der Waals surface area contributed by atoms with Gasteiger partial charge in [0.05, 0.1) is 31.9 Å². The molecule has 0 radical (unpaired) electrons. The number of aryl methyl sites for hydroxylation is 1. The molecule has 0 N–H and O–H groups in total. The van der Waals surface area contributed by atoms with Gasteiger partial charge in [0.2, 0.25) is 0 Å². The van der Waals surface area contributed by atoms with Gasteiger partial charge in [0, 0.05) is 5.70 Å². The van der Waals surface area contributed by atoms with Crippen LogP contribution in [0.3, 0.4) is 0 Å². The Hall–Kier alpha value is -3.80. The Balaban J connectivity index is 1.99. The predicted octanol–water partition coefficient (Wildman–Crippen LogP) is 4.44. The fraction of sp³-hybridized carbons (Fsp3) is 0.231. The van der Waals surface area contributed by atoms with E-state index in [0.717, 1.165) is 11.1 Å². The van der Waals surface area contributed by atoms with Crippen LogP contribution in [0, 0.1) is 6.92 Å². The molecule has 6 heteroatoms. The topological polar surface area (TPSA) is 65.1 Å². The summed E-state index contributed by atoms with van der Waals surface area (Å²) in [6.07, 6.45) is 3.32. The quantitative estimate of drug-likeness (QED) is 0.350. The van der Waals surface area contributed by atoms with Crippen molar-refractivity contribution in [2.24, 2.45) is 0 Å². The first-order valence-corrected chi connectivity index (χ1v) is 10.2. The maximum atomic E-state index is 13.3. The standard InChI is InChI=1S/C26H27NO5/c1-6-13-32-22-12-11-20(15-23(22)30-4)14-21-24(26(29)31-5)18(3)27(25(21)28)16-19-9-7-17(2)8-10-19/h6-12,14-15H,1,13,16H2,2-5H3/b21-14-. The lowest BCUT2D eigenvalue weighted by Gasteiger charge is -2.18. The zero-order valence-electron chi connectivity index (χ0n) is 18.8. The molecule has 0 unspecified atom stereocenters. The average molecular weight is 434 g/mol. The van der Waals surface area contributed by atoms with Crippen LogP contribution >= 0.6 is 0 Å². The van der Waals surface area contributed by atoms with Gasteiger partial charge in [-0.3, -0.25) is 4.79 Å². The van der Waals surface area contributed by atoms with E-state index in [2.05, 4.69) is 6.58 Å². The molecule has 0 aliphatic carbocycles. The molecule has 6 nitrogen and oxygen atoms in total. The number of hydrogen-bond acceptors (Lipinski definition) is 5.